The zero-order valence-corrected chi connectivity index (χ0v) is 16.0. The van der Waals surface area contributed by atoms with E-state index < -0.39 is 17.2 Å². The molecule has 0 aliphatic carbocycles. The van der Waals surface area contributed by atoms with Crippen LogP contribution in [0.3, 0.4) is 0 Å². The molecule has 1 atom stereocenters. The minimum Gasteiger partial charge on any atom is -0.462 e. The maximum absolute atomic E-state index is 14.8. The van der Waals surface area contributed by atoms with E-state index in [0.717, 1.165) is 17.5 Å². The summed E-state index contributed by atoms with van der Waals surface area (Å²) < 4.78 is 21.5. The molecule has 146 valence electrons. The molecule has 9 heteroatoms. The van der Waals surface area contributed by atoms with Crippen LogP contribution in [0.4, 0.5) is 10.2 Å². The van der Waals surface area contributed by atoms with Gasteiger partial charge >= 0.3 is 5.97 Å². The molecule has 1 saturated heterocycles. The van der Waals surface area contributed by atoms with Crippen molar-refractivity contribution in [2.45, 2.75) is 19.4 Å². The van der Waals surface area contributed by atoms with E-state index >= 15 is 0 Å². The van der Waals surface area contributed by atoms with E-state index in [1.54, 1.807) is 16.4 Å². The topological polar surface area (TPSA) is 90.5 Å². The SMILES string of the molecule is CCOC(=O)c1cn(-c2cccs2)c2nc(N3CCC(N)C3)c(F)cc2c1=O. The molecule has 1 unspecified atom stereocenters. The van der Waals surface area contributed by atoms with E-state index in [2.05, 4.69) is 4.98 Å². The van der Waals surface area contributed by atoms with Crippen molar-refractivity contribution < 1.29 is 13.9 Å². The molecule has 0 amide bonds. The Morgan fingerprint density at radius 3 is 2.96 bits per heavy atom. The second-order valence-electron chi connectivity index (χ2n) is 6.57. The van der Waals surface area contributed by atoms with E-state index in [9.17, 15) is 14.0 Å². The van der Waals surface area contributed by atoms with Crippen LogP contribution in [-0.2, 0) is 4.74 Å². The third kappa shape index (κ3) is 3.16. The van der Waals surface area contributed by atoms with Crippen molar-refractivity contribution in [2.75, 3.05) is 24.6 Å². The maximum atomic E-state index is 14.8. The minimum atomic E-state index is -0.741. The van der Waals surface area contributed by atoms with E-state index in [1.807, 2.05) is 17.5 Å². The molecule has 1 aliphatic heterocycles. The molecule has 0 bridgehead atoms. The second-order valence-corrected chi connectivity index (χ2v) is 7.50. The highest BCUT2D eigenvalue weighted by Gasteiger charge is 2.26. The van der Waals surface area contributed by atoms with Crippen molar-refractivity contribution in [1.82, 2.24) is 9.55 Å². The van der Waals surface area contributed by atoms with Gasteiger partial charge in [0.1, 0.15) is 10.6 Å². The first kappa shape index (κ1) is 18.6. The number of anilines is 1. The van der Waals surface area contributed by atoms with Crippen molar-refractivity contribution in [3.63, 3.8) is 0 Å². The van der Waals surface area contributed by atoms with Gasteiger partial charge in [0.05, 0.1) is 12.0 Å². The lowest BCUT2D eigenvalue weighted by Crippen LogP contribution is -2.28. The molecule has 1 fully saturated rings. The van der Waals surface area contributed by atoms with Crippen LogP contribution < -0.4 is 16.1 Å². The van der Waals surface area contributed by atoms with Gasteiger partial charge in [0.15, 0.2) is 17.3 Å². The summed E-state index contributed by atoms with van der Waals surface area (Å²) in [5.74, 6) is -1.19. The largest absolute Gasteiger partial charge is 0.462 e. The summed E-state index contributed by atoms with van der Waals surface area (Å²) in [4.78, 5) is 31.4. The number of halogens is 1. The summed E-state index contributed by atoms with van der Waals surface area (Å²) in [7, 11) is 0. The Kier molecular flexibility index (Phi) is 4.86. The molecule has 4 rings (SSSR count). The van der Waals surface area contributed by atoms with Crippen LogP contribution in [0.2, 0.25) is 0 Å². The predicted octanol–water partition coefficient (Wildman–Crippen LogP) is 2.30. The van der Waals surface area contributed by atoms with Crippen LogP contribution in [0.15, 0.2) is 34.6 Å². The maximum Gasteiger partial charge on any atom is 0.343 e. The number of thiophene rings is 1. The van der Waals surface area contributed by atoms with Crippen molar-refractivity contribution in [3.05, 3.63) is 51.4 Å². The third-order valence-corrected chi connectivity index (χ3v) is 5.54. The second kappa shape index (κ2) is 7.33. The molecule has 4 heterocycles. The number of nitrogens with zero attached hydrogens (tertiary/aromatic N) is 3. The Labute approximate surface area is 164 Å². The number of esters is 1. The summed E-state index contributed by atoms with van der Waals surface area (Å²) in [6, 6.07) is 4.79. The number of pyridine rings is 2. The number of rotatable bonds is 4. The zero-order chi connectivity index (χ0) is 19.8. The molecular formula is C19H19FN4O3S. The number of hydrogen-bond donors (Lipinski definition) is 1. The molecule has 0 saturated carbocycles. The number of ether oxygens (including phenoxy) is 1. The van der Waals surface area contributed by atoms with Crippen molar-refractivity contribution in [3.8, 4) is 5.00 Å². The number of carbonyl (C=O) groups excluding carboxylic acids is 1. The number of hydrogen-bond acceptors (Lipinski definition) is 7. The Bertz CT molecular complexity index is 1100. The van der Waals surface area contributed by atoms with E-state index in [1.165, 1.54) is 17.5 Å². The monoisotopic (exact) mass is 402 g/mol. The molecule has 2 N–H and O–H groups in total. The quantitative estimate of drug-likeness (QED) is 0.674. The van der Waals surface area contributed by atoms with Crippen molar-refractivity contribution in [1.29, 1.82) is 0 Å². The number of aromatic nitrogens is 2. The Balaban J connectivity index is 1.97. The van der Waals surface area contributed by atoms with Crippen LogP contribution in [0, 0.1) is 5.82 Å². The van der Waals surface area contributed by atoms with Gasteiger partial charge in [-0.25, -0.2) is 14.2 Å². The fraction of sp³-hybridized carbons (Fsp3) is 0.316. The zero-order valence-electron chi connectivity index (χ0n) is 15.2. The smallest absolute Gasteiger partial charge is 0.343 e. The predicted molar refractivity (Wildman–Crippen MR) is 106 cm³/mol. The Morgan fingerprint density at radius 2 is 2.32 bits per heavy atom. The van der Waals surface area contributed by atoms with E-state index in [0.29, 0.717) is 13.1 Å². The Hall–Kier alpha value is -2.78. The normalized spacial score (nSPS) is 16.7. The number of fused-ring (bicyclic) bond motifs is 1. The van der Waals surface area contributed by atoms with E-state index in [4.69, 9.17) is 10.5 Å². The van der Waals surface area contributed by atoms with Gasteiger partial charge in [-0.3, -0.25) is 9.36 Å². The number of carbonyl (C=O) groups is 1. The fourth-order valence-electron chi connectivity index (χ4n) is 3.35. The molecule has 0 radical (unpaired) electrons. The van der Waals surface area contributed by atoms with E-state index in [-0.39, 0.29) is 35.1 Å². The summed E-state index contributed by atoms with van der Waals surface area (Å²) >= 11 is 1.41. The molecule has 7 nitrogen and oxygen atoms in total. The van der Waals surface area contributed by atoms with Gasteiger partial charge in [-0.05, 0) is 36.9 Å². The lowest BCUT2D eigenvalue weighted by atomic mass is 10.2. The van der Waals surface area contributed by atoms with Crippen LogP contribution >= 0.6 is 11.3 Å². The summed E-state index contributed by atoms with van der Waals surface area (Å²) in [6.45, 7) is 2.89. The minimum absolute atomic E-state index is 0.0312. The van der Waals surface area contributed by atoms with Crippen LogP contribution in [0.25, 0.3) is 16.0 Å². The van der Waals surface area contributed by atoms with Gasteiger partial charge in [-0.15, -0.1) is 11.3 Å². The van der Waals surface area contributed by atoms with Gasteiger partial charge < -0.3 is 15.4 Å². The van der Waals surface area contributed by atoms with Crippen molar-refractivity contribution in [2.24, 2.45) is 5.73 Å². The summed E-state index contributed by atoms with van der Waals surface area (Å²) in [6.07, 6.45) is 2.16. The van der Waals surface area contributed by atoms with Gasteiger partial charge in [0.2, 0.25) is 5.43 Å². The lowest BCUT2D eigenvalue weighted by Gasteiger charge is -2.19. The first-order valence-electron chi connectivity index (χ1n) is 8.97. The summed E-state index contributed by atoms with van der Waals surface area (Å²) in [5, 5.41) is 2.65. The first-order valence-corrected chi connectivity index (χ1v) is 9.85. The molecule has 3 aromatic heterocycles. The molecule has 0 spiro atoms. The first-order chi connectivity index (χ1) is 13.5. The average Bonchev–Trinajstić information content (AvgIpc) is 3.34. The van der Waals surface area contributed by atoms with Crippen LogP contribution in [0.5, 0.6) is 0 Å². The summed E-state index contributed by atoms with van der Waals surface area (Å²) in [5.41, 5.74) is 5.48. The van der Waals surface area contributed by atoms with Crippen LogP contribution in [0.1, 0.15) is 23.7 Å². The standard InChI is InChI=1S/C19H19FN4O3S/c1-2-27-19(26)13-10-24(15-4-3-7-28-15)17-12(16(13)25)8-14(20)18(22-17)23-6-5-11(21)9-23/h3-4,7-8,10-11H,2,5-6,9,21H2,1H3. The van der Waals surface area contributed by atoms with Crippen LogP contribution in [-0.4, -0.2) is 41.3 Å². The van der Waals surface area contributed by atoms with Gasteiger partial charge in [-0.1, -0.05) is 0 Å². The molecule has 3 aromatic rings. The number of nitrogens with two attached hydrogens (primary N) is 1. The fourth-order valence-corrected chi connectivity index (χ4v) is 4.05. The average molecular weight is 402 g/mol. The highest BCUT2D eigenvalue weighted by molar-refractivity contribution is 7.12. The lowest BCUT2D eigenvalue weighted by molar-refractivity contribution is 0.0524. The molecule has 0 aromatic carbocycles. The van der Waals surface area contributed by atoms with Gasteiger partial charge in [-0.2, -0.15) is 0 Å². The van der Waals surface area contributed by atoms with Gasteiger partial charge in [0, 0.05) is 25.3 Å². The molecule has 28 heavy (non-hydrogen) atoms. The highest BCUT2D eigenvalue weighted by Crippen LogP contribution is 2.27. The Morgan fingerprint density at radius 1 is 1.50 bits per heavy atom. The van der Waals surface area contributed by atoms with Gasteiger partial charge in [0.25, 0.3) is 0 Å². The highest BCUT2D eigenvalue weighted by atomic mass is 32.1. The van der Waals surface area contributed by atoms with Crippen molar-refractivity contribution >= 4 is 34.2 Å². The molecular weight excluding hydrogens is 383 g/mol. The third-order valence-electron chi connectivity index (χ3n) is 4.68. The molecule has 1 aliphatic rings.